The van der Waals surface area contributed by atoms with Crippen LogP contribution in [0.15, 0.2) is 48.5 Å². The monoisotopic (exact) mass is 376 g/mol. The average Bonchev–Trinajstić information content (AvgIpc) is 2.62. The minimum Gasteiger partial charge on any atom is -0.326 e. The fourth-order valence-corrected chi connectivity index (χ4v) is 3.45. The zero-order valence-electron chi connectivity index (χ0n) is 15.1. The van der Waals surface area contributed by atoms with Crippen LogP contribution in [0.3, 0.4) is 0 Å². The minimum absolute atomic E-state index is 0.0213. The second-order valence-electron chi connectivity index (χ2n) is 6.92. The van der Waals surface area contributed by atoms with Crippen molar-refractivity contribution >= 4 is 11.6 Å². The molecule has 0 aromatic heterocycles. The van der Waals surface area contributed by atoms with E-state index in [-0.39, 0.29) is 12.0 Å². The summed E-state index contributed by atoms with van der Waals surface area (Å²) < 4.78 is 39.2. The van der Waals surface area contributed by atoms with Crippen LogP contribution in [-0.2, 0) is 23.9 Å². The number of nitrogens with zero attached hydrogens (tertiary/aromatic N) is 1. The van der Waals surface area contributed by atoms with Crippen molar-refractivity contribution in [3.8, 4) is 0 Å². The maximum Gasteiger partial charge on any atom is 0.416 e. The Balaban J connectivity index is 1.64. The zero-order chi connectivity index (χ0) is 19.3. The summed E-state index contributed by atoms with van der Waals surface area (Å²) in [5, 5.41) is 2.72. The highest BCUT2D eigenvalue weighted by molar-refractivity contribution is 5.92. The maximum atomic E-state index is 13.1. The molecule has 0 unspecified atom stereocenters. The highest BCUT2D eigenvalue weighted by Crippen LogP contribution is 2.32. The molecule has 0 saturated carbocycles. The lowest BCUT2D eigenvalue weighted by molar-refractivity contribution is -0.138. The largest absolute Gasteiger partial charge is 0.416 e. The summed E-state index contributed by atoms with van der Waals surface area (Å²) in [6, 6.07) is 12.7. The van der Waals surface area contributed by atoms with Gasteiger partial charge in [-0.15, -0.1) is 0 Å². The molecule has 1 saturated heterocycles. The number of anilines is 1. The third-order valence-corrected chi connectivity index (χ3v) is 4.74. The number of benzene rings is 2. The van der Waals surface area contributed by atoms with Gasteiger partial charge in [-0.2, -0.15) is 13.2 Å². The van der Waals surface area contributed by atoms with E-state index in [4.69, 9.17) is 0 Å². The molecule has 0 bridgehead atoms. The van der Waals surface area contributed by atoms with Gasteiger partial charge in [0.15, 0.2) is 0 Å². The summed E-state index contributed by atoms with van der Waals surface area (Å²) in [6.45, 7) is 2.97. The van der Waals surface area contributed by atoms with E-state index in [2.05, 4.69) is 10.2 Å². The fourth-order valence-electron chi connectivity index (χ4n) is 3.45. The molecule has 0 atom stereocenters. The number of nitrogens with one attached hydrogen (secondary N) is 1. The van der Waals surface area contributed by atoms with E-state index in [1.165, 1.54) is 37.5 Å². The van der Waals surface area contributed by atoms with Crippen LogP contribution < -0.4 is 5.32 Å². The highest BCUT2D eigenvalue weighted by Gasteiger charge is 2.33. The maximum absolute atomic E-state index is 13.1. The number of alkyl halides is 3. The first kappa shape index (κ1) is 19.4. The number of likely N-dealkylation sites (tertiary alicyclic amines) is 1. The predicted molar refractivity (Wildman–Crippen MR) is 99.3 cm³/mol. The summed E-state index contributed by atoms with van der Waals surface area (Å²) in [5.41, 5.74) is 0.912. The second kappa shape index (κ2) is 8.57. The molecular formula is C21H23F3N2O. The molecule has 144 valence electrons. The van der Waals surface area contributed by atoms with Crippen molar-refractivity contribution in [2.75, 3.05) is 18.4 Å². The van der Waals surface area contributed by atoms with Gasteiger partial charge in [-0.05, 0) is 55.3 Å². The van der Waals surface area contributed by atoms with Gasteiger partial charge in [0.05, 0.1) is 12.0 Å². The van der Waals surface area contributed by atoms with Crippen molar-refractivity contribution < 1.29 is 18.0 Å². The summed E-state index contributed by atoms with van der Waals surface area (Å²) in [4.78, 5) is 14.7. The first-order valence-corrected chi connectivity index (χ1v) is 9.18. The van der Waals surface area contributed by atoms with Gasteiger partial charge < -0.3 is 5.32 Å². The standard InChI is InChI=1S/C21H23F3N2O/c22-21(23,24)19-10-3-2-8-17(19)14-20(27)25-18-9-6-7-16(13-18)15-26-11-4-1-5-12-26/h2-3,6-10,13H,1,4-5,11-12,14-15H2,(H,25,27). The van der Waals surface area contributed by atoms with Crippen LogP contribution in [0.4, 0.5) is 18.9 Å². The Hall–Kier alpha value is -2.34. The Labute approximate surface area is 157 Å². The average molecular weight is 376 g/mol. The fraction of sp³-hybridized carbons (Fsp3) is 0.381. The number of hydrogen-bond acceptors (Lipinski definition) is 2. The van der Waals surface area contributed by atoms with Crippen LogP contribution in [0.5, 0.6) is 0 Å². The first-order chi connectivity index (χ1) is 12.9. The summed E-state index contributed by atoms with van der Waals surface area (Å²) >= 11 is 0. The van der Waals surface area contributed by atoms with E-state index in [0.717, 1.165) is 31.3 Å². The Morgan fingerprint density at radius 2 is 1.74 bits per heavy atom. The molecule has 1 N–H and O–H groups in total. The van der Waals surface area contributed by atoms with E-state index in [9.17, 15) is 18.0 Å². The van der Waals surface area contributed by atoms with Crippen molar-refractivity contribution in [3.63, 3.8) is 0 Å². The van der Waals surface area contributed by atoms with Gasteiger partial charge in [0.25, 0.3) is 0 Å². The predicted octanol–water partition coefficient (Wildman–Crippen LogP) is 4.87. The number of amides is 1. The van der Waals surface area contributed by atoms with Crippen LogP contribution in [0.1, 0.15) is 36.0 Å². The lowest BCUT2D eigenvalue weighted by Gasteiger charge is -2.26. The quantitative estimate of drug-likeness (QED) is 0.807. The smallest absolute Gasteiger partial charge is 0.326 e. The molecule has 2 aromatic carbocycles. The van der Waals surface area contributed by atoms with Crippen molar-refractivity contribution in [3.05, 3.63) is 65.2 Å². The number of piperidine rings is 1. The van der Waals surface area contributed by atoms with E-state index in [1.807, 2.05) is 18.2 Å². The van der Waals surface area contributed by atoms with Crippen LogP contribution in [0.25, 0.3) is 0 Å². The normalized spacial score (nSPS) is 15.5. The second-order valence-corrected chi connectivity index (χ2v) is 6.92. The van der Waals surface area contributed by atoms with Gasteiger partial charge in [0.2, 0.25) is 5.91 Å². The van der Waals surface area contributed by atoms with Crippen molar-refractivity contribution in [2.45, 2.75) is 38.4 Å². The third-order valence-electron chi connectivity index (χ3n) is 4.74. The highest BCUT2D eigenvalue weighted by atomic mass is 19.4. The van der Waals surface area contributed by atoms with E-state index < -0.39 is 17.6 Å². The Morgan fingerprint density at radius 1 is 1.00 bits per heavy atom. The number of carbonyl (C=O) groups excluding carboxylic acids is 1. The topological polar surface area (TPSA) is 32.3 Å². The molecule has 0 spiro atoms. The Morgan fingerprint density at radius 3 is 2.48 bits per heavy atom. The molecule has 0 radical (unpaired) electrons. The van der Waals surface area contributed by atoms with Gasteiger partial charge in [0.1, 0.15) is 0 Å². The molecule has 1 aliphatic heterocycles. The number of halogens is 3. The molecule has 1 amide bonds. The SMILES string of the molecule is O=C(Cc1ccccc1C(F)(F)F)Nc1cccc(CN2CCCCC2)c1. The molecule has 0 aliphatic carbocycles. The molecule has 27 heavy (non-hydrogen) atoms. The number of carbonyl (C=O) groups is 1. The summed E-state index contributed by atoms with van der Waals surface area (Å²) in [5.74, 6) is -0.457. The van der Waals surface area contributed by atoms with Gasteiger partial charge in [0, 0.05) is 12.2 Å². The van der Waals surface area contributed by atoms with E-state index in [0.29, 0.717) is 5.69 Å². The van der Waals surface area contributed by atoms with Gasteiger partial charge >= 0.3 is 6.18 Å². The van der Waals surface area contributed by atoms with Gasteiger partial charge in [-0.25, -0.2) is 0 Å². The van der Waals surface area contributed by atoms with Crippen LogP contribution in [0, 0.1) is 0 Å². The van der Waals surface area contributed by atoms with Crippen LogP contribution in [-0.4, -0.2) is 23.9 Å². The molecule has 1 fully saturated rings. The van der Waals surface area contributed by atoms with Gasteiger partial charge in [-0.3, -0.25) is 9.69 Å². The van der Waals surface area contributed by atoms with E-state index >= 15 is 0 Å². The summed E-state index contributed by atoms with van der Waals surface area (Å²) in [7, 11) is 0. The molecule has 6 heteroatoms. The van der Waals surface area contributed by atoms with Crippen LogP contribution in [0.2, 0.25) is 0 Å². The lowest BCUT2D eigenvalue weighted by atomic mass is 10.0. The molecule has 3 nitrogen and oxygen atoms in total. The third kappa shape index (κ3) is 5.57. The van der Waals surface area contributed by atoms with Gasteiger partial charge in [-0.1, -0.05) is 36.8 Å². The van der Waals surface area contributed by atoms with Crippen molar-refractivity contribution in [2.24, 2.45) is 0 Å². The summed E-state index contributed by atoms with van der Waals surface area (Å²) in [6.07, 6.45) is -1.10. The number of rotatable bonds is 5. The molecule has 1 aliphatic rings. The number of hydrogen-bond donors (Lipinski definition) is 1. The zero-order valence-corrected chi connectivity index (χ0v) is 15.1. The lowest BCUT2D eigenvalue weighted by Crippen LogP contribution is -2.29. The molecular weight excluding hydrogens is 353 g/mol. The molecule has 2 aromatic rings. The molecule has 3 rings (SSSR count). The van der Waals surface area contributed by atoms with Crippen molar-refractivity contribution in [1.82, 2.24) is 4.90 Å². The van der Waals surface area contributed by atoms with Crippen molar-refractivity contribution in [1.29, 1.82) is 0 Å². The molecule has 1 heterocycles. The van der Waals surface area contributed by atoms with Crippen LogP contribution >= 0.6 is 0 Å². The van der Waals surface area contributed by atoms with E-state index in [1.54, 1.807) is 6.07 Å². The Kier molecular flexibility index (Phi) is 6.16. The first-order valence-electron chi connectivity index (χ1n) is 9.18. The minimum atomic E-state index is -4.47. The Bertz CT molecular complexity index is 783.